The van der Waals surface area contributed by atoms with E-state index in [1.54, 1.807) is 0 Å². The van der Waals surface area contributed by atoms with Crippen molar-refractivity contribution in [1.82, 2.24) is 5.32 Å². The largest absolute Gasteiger partial charge is 0.492 e. The van der Waals surface area contributed by atoms with E-state index in [0.717, 1.165) is 0 Å². The van der Waals surface area contributed by atoms with E-state index < -0.39 is 23.8 Å². The molecule has 0 aromatic heterocycles. The maximum absolute atomic E-state index is 12.5. The Bertz CT molecular complexity index is 440. The summed E-state index contributed by atoms with van der Waals surface area (Å²) in [6.07, 6.45) is -3.72. The molecule has 0 atom stereocenters. The van der Waals surface area contributed by atoms with Crippen LogP contribution < -0.4 is 10.1 Å². The van der Waals surface area contributed by atoms with Gasteiger partial charge in [-0.3, -0.25) is 10.1 Å². The van der Waals surface area contributed by atoms with Gasteiger partial charge in [0.25, 0.3) is 5.69 Å². The van der Waals surface area contributed by atoms with Crippen molar-refractivity contribution in [3.63, 3.8) is 0 Å². The van der Waals surface area contributed by atoms with Crippen LogP contribution in [0.25, 0.3) is 0 Å². The molecule has 0 heterocycles. The number of benzene rings is 1. The molecule has 0 bridgehead atoms. The van der Waals surface area contributed by atoms with Crippen LogP contribution in [0.1, 0.15) is 0 Å². The highest BCUT2D eigenvalue weighted by Gasteiger charge is 2.39. The highest BCUT2D eigenvalue weighted by molar-refractivity contribution is 5.35. The second-order valence-corrected chi connectivity index (χ2v) is 3.84. The Labute approximate surface area is 111 Å². The third-order valence-electron chi connectivity index (χ3n) is 2.28. The number of alkyl halides is 4. The van der Waals surface area contributed by atoms with Crippen LogP contribution in [-0.2, 0) is 0 Å². The van der Waals surface area contributed by atoms with Gasteiger partial charge in [-0.1, -0.05) is 0 Å². The zero-order valence-corrected chi connectivity index (χ0v) is 10.2. The van der Waals surface area contributed by atoms with E-state index in [1.807, 2.05) is 0 Å². The molecule has 0 fully saturated rings. The molecule has 0 aliphatic rings. The third-order valence-corrected chi connectivity index (χ3v) is 2.28. The van der Waals surface area contributed by atoms with Crippen LogP contribution in [0, 0.1) is 10.1 Å². The Morgan fingerprint density at radius 3 is 2.40 bits per heavy atom. The lowest BCUT2D eigenvalue weighted by Gasteiger charge is -2.15. The fourth-order valence-corrected chi connectivity index (χ4v) is 1.24. The van der Waals surface area contributed by atoms with Gasteiger partial charge in [0.05, 0.1) is 11.5 Å². The molecule has 0 saturated carbocycles. The first-order chi connectivity index (χ1) is 9.33. The topological polar surface area (TPSA) is 64.4 Å². The van der Waals surface area contributed by atoms with Gasteiger partial charge >= 0.3 is 12.3 Å². The van der Waals surface area contributed by atoms with Crippen LogP contribution in [0.3, 0.4) is 0 Å². The molecular weight excluding hydrogens is 284 g/mol. The number of hydrogen-bond donors (Lipinski definition) is 1. The number of non-ortho nitro benzene ring substituents is 1. The number of halogens is 4. The number of rotatable bonds is 8. The molecule has 0 radical (unpaired) electrons. The Hall–Kier alpha value is -1.90. The monoisotopic (exact) mass is 296 g/mol. The Morgan fingerprint density at radius 2 is 1.90 bits per heavy atom. The van der Waals surface area contributed by atoms with E-state index in [0.29, 0.717) is 5.75 Å². The van der Waals surface area contributed by atoms with Gasteiger partial charge < -0.3 is 10.1 Å². The molecule has 0 amide bonds. The smallest absolute Gasteiger partial charge is 0.319 e. The minimum atomic E-state index is -4.08. The van der Waals surface area contributed by atoms with E-state index in [2.05, 4.69) is 5.32 Å². The van der Waals surface area contributed by atoms with Gasteiger partial charge in [-0.15, -0.1) is 0 Å². The number of nitro groups is 1. The molecule has 0 aliphatic carbocycles. The molecule has 0 aliphatic heterocycles. The third kappa shape index (κ3) is 5.00. The van der Waals surface area contributed by atoms with E-state index in [1.165, 1.54) is 24.3 Å². The lowest BCUT2D eigenvalue weighted by atomic mass is 10.3. The molecular formula is C11H12F4N2O3. The first kappa shape index (κ1) is 16.2. The quantitative estimate of drug-likeness (QED) is 0.346. The molecule has 1 rings (SSSR count). The van der Waals surface area contributed by atoms with Crippen molar-refractivity contribution in [2.75, 3.05) is 19.7 Å². The van der Waals surface area contributed by atoms with E-state index in [9.17, 15) is 27.7 Å². The number of nitrogens with zero attached hydrogens (tertiary/aromatic N) is 1. The van der Waals surface area contributed by atoms with Gasteiger partial charge in [0.1, 0.15) is 12.4 Å². The van der Waals surface area contributed by atoms with Crippen molar-refractivity contribution >= 4 is 5.69 Å². The van der Waals surface area contributed by atoms with Crippen molar-refractivity contribution in [2.24, 2.45) is 0 Å². The first-order valence-corrected chi connectivity index (χ1v) is 5.57. The summed E-state index contributed by atoms with van der Waals surface area (Å²) < 4.78 is 53.7. The van der Waals surface area contributed by atoms with E-state index in [-0.39, 0.29) is 18.8 Å². The zero-order chi connectivity index (χ0) is 15.2. The Kier molecular flexibility index (Phi) is 5.68. The number of nitrogens with one attached hydrogen (secondary N) is 1. The van der Waals surface area contributed by atoms with E-state index >= 15 is 0 Å². The van der Waals surface area contributed by atoms with E-state index in [4.69, 9.17) is 4.74 Å². The summed E-state index contributed by atoms with van der Waals surface area (Å²) in [5.74, 6) is -3.76. The van der Waals surface area contributed by atoms with Crippen LogP contribution >= 0.6 is 0 Å². The number of hydrogen-bond acceptors (Lipinski definition) is 4. The van der Waals surface area contributed by atoms with Crippen molar-refractivity contribution < 1.29 is 27.2 Å². The summed E-state index contributed by atoms with van der Waals surface area (Å²) in [6.45, 7) is -1.23. The molecule has 1 aromatic rings. The second kappa shape index (κ2) is 7.04. The molecule has 1 N–H and O–H groups in total. The number of ether oxygens (including phenoxy) is 1. The minimum Gasteiger partial charge on any atom is -0.492 e. The second-order valence-electron chi connectivity index (χ2n) is 3.84. The summed E-state index contributed by atoms with van der Waals surface area (Å²) in [5.41, 5.74) is -0.105. The highest BCUT2D eigenvalue weighted by atomic mass is 19.3. The van der Waals surface area contributed by atoms with Crippen LogP contribution in [0.2, 0.25) is 0 Å². The predicted octanol–water partition coefficient (Wildman–Crippen LogP) is 2.46. The molecule has 9 heteroatoms. The van der Waals surface area contributed by atoms with Crippen LogP contribution in [0.15, 0.2) is 24.3 Å². The molecule has 1 aromatic carbocycles. The molecule has 0 spiro atoms. The van der Waals surface area contributed by atoms with Gasteiger partial charge in [0.2, 0.25) is 0 Å². The molecule has 20 heavy (non-hydrogen) atoms. The van der Waals surface area contributed by atoms with Gasteiger partial charge in [0, 0.05) is 18.7 Å². The van der Waals surface area contributed by atoms with Crippen molar-refractivity contribution in [3.05, 3.63) is 34.4 Å². The SMILES string of the molecule is O=[N+]([O-])c1ccc(OCCNCC(F)(F)C(F)F)cc1. The van der Waals surface area contributed by atoms with Gasteiger partial charge in [0.15, 0.2) is 0 Å². The maximum Gasteiger partial charge on any atom is 0.319 e. The van der Waals surface area contributed by atoms with Crippen molar-refractivity contribution in [3.8, 4) is 5.75 Å². The summed E-state index contributed by atoms with van der Waals surface area (Å²) in [4.78, 5) is 9.81. The van der Waals surface area contributed by atoms with Crippen LogP contribution in [0.4, 0.5) is 23.2 Å². The predicted molar refractivity (Wildman–Crippen MR) is 62.4 cm³/mol. The molecule has 5 nitrogen and oxygen atoms in total. The van der Waals surface area contributed by atoms with Gasteiger partial charge in [-0.25, -0.2) is 8.78 Å². The Balaban J connectivity index is 2.26. The maximum atomic E-state index is 12.5. The average molecular weight is 296 g/mol. The average Bonchev–Trinajstić information content (AvgIpc) is 2.38. The van der Waals surface area contributed by atoms with Gasteiger partial charge in [-0.05, 0) is 12.1 Å². The summed E-state index contributed by atoms with van der Waals surface area (Å²) in [5, 5.41) is 12.5. The lowest BCUT2D eigenvalue weighted by Crippen LogP contribution is -2.40. The van der Waals surface area contributed by atoms with Crippen molar-refractivity contribution in [2.45, 2.75) is 12.3 Å². The van der Waals surface area contributed by atoms with Crippen LogP contribution in [0.5, 0.6) is 5.75 Å². The fourth-order valence-electron chi connectivity index (χ4n) is 1.24. The zero-order valence-electron chi connectivity index (χ0n) is 10.2. The molecule has 0 saturated heterocycles. The van der Waals surface area contributed by atoms with Crippen LogP contribution in [-0.4, -0.2) is 37.0 Å². The standard InChI is InChI=1S/C11H12F4N2O3/c12-10(13)11(14,15)7-16-5-6-20-9-3-1-8(2-4-9)17(18)19/h1-4,10,16H,5-7H2. The number of nitro benzene ring substituents is 1. The summed E-state index contributed by atoms with van der Waals surface area (Å²) in [6, 6.07) is 5.17. The fraction of sp³-hybridized carbons (Fsp3) is 0.455. The summed E-state index contributed by atoms with van der Waals surface area (Å²) >= 11 is 0. The summed E-state index contributed by atoms with van der Waals surface area (Å²) in [7, 11) is 0. The normalized spacial score (nSPS) is 11.7. The highest BCUT2D eigenvalue weighted by Crippen LogP contribution is 2.21. The van der Waals surface area contributed by atoms with Crippen molar-refractivity contribution in [1.29, 1.82) is 0 Å². The molecule has 112 valence electrons. The Morgan fingerprint density at radius 1 is 1.30 bits per heavy atom. The molecule has 0 unspecified atom stereocenters. The first-order valence-electron chi connectivity index (χ1n) is 5.57. The van der Waals surface area contributed by atoms with Gasteiger partial charge in [-0.2, -0.15) is 8.78 Å². The minimum absolute atomic E-state index is 0.0306. The lowest BCUT2D eigenvalue weighted by molar-refractivity contribution is -0.384.